The van der Waals surface area contributed by atoms with Crippen molar-refractivity contribution in [3.05, 3.63) is 58.9 Å². The lowest BCUT2D eigenvalue weighted by Crippen LogP contribution is -2.50. The molecule has 3 heterocycles. The van der Waals surface area contributed by atoms with Gasteiger partial charge in [0.1, 0.15) is 0 Å². The summed E-state index contributed by atoms with van der Waals surface area (Å²) < 4.78 is 29.3. The first-order valence-electron chi connectivity index (χ1n) is 11.7. The normalized spacial score (nSPS) is 17.8. The van der Waals surface area contributed by atoms with E-state index in [1.165, 1.54) is 27.4 Å². The molecule has 2 aliphatic rings. The van der Waals surface area contributed by atoms with Crippen LogP contribution in [0.25, 0.3) is 0 Å². The Hall–Kier alpha value is -3.17. The van der Waals surface area contributed by atoms with E-state index in [0.717, 1.165) is 50.4 Å². The molecule has 0 aliphatic carbocycles. The number of carbonyl (C=O) groups excluding carboxylic acids is 2. The highest BCUT2D eigenvalue weighted by Crippen LogP contribution is 2.25. The third-order valence-electron chi connectivity index (χ3n) is 6.80. The molecule has 2 amide bonds. The Morgan fingerprint density at radius 2 is 1.83 bits per heavy atom. The molecule has 1 atom stereocenters. The number of benzene rings is 1. The van der Waals surface area contributed by atoms with Crippen LogP contribution in [0.15, 0.2) is 36.5 Å². The molecule has 1 unspecified atom stereocenters. The number of morpholine rings is 1. The van der Waals surface area contributed by atoms with E-state index in [-0.39, 0.29) is 25.5 Å². The fourth-order valence-corrected chi connectivity index (χ4v) is 5.10. The first-order valence-corrected chi connectivity index (χ1v) is 13.6. The average Bonchev–Trinajstić information content (AvgIpc) is 3.39. The van der Waals surface area contributed by atoms with E-state index in [1.807, 2.05) is 18.2 Å². The predicted octanol–water partition coefficient (Wildman–Crippen LogP) is 1.20. The topological polar surface area (TPSA) is 121 Å². The van der Waals surface area contributed by atoms with Crippen LogP contribution < -0.4 is 5.48 Å². The van der Waals surface area contributed by atoms with Crippen LogP contribution >= 0.6 is 0 Å². The first kappa shape index (κ1) is 25.9. The molecule has 2 aliphatic heterocycles. The summed E-state index contributed by atoms with van der Waals surface area (Å²) in [5.74, 6) is 5.20. The van der Waals surface area contributed by atoms with E-state index < -0.39 is 20.5 Å². The molecular weight excluding hydrogens is 484 g/mol. The summed E-state index contributed by atoms with van der Waals surface area (Å²) in [6.07, 6.45) is 2.44. The molecule has 1 aromatic carbocycles. The highest BCUT2D eigenvalue weighted by molar-refractivity contribution is 7.92. The molecule has 11 heteroatoms. The molecule has 1 saturated heterocycles. The summed E-state index contributed by atoms with van der Waals surface area (Å²) >= 11 is 0. The number of carbonyl (C=O) groups is 2. The third-order valence-corrected chi connectivity index (χ3v) is 8.83. The van der Waals surface area contributed by atoms with Crippen LogP contribution in [0.5, 0.6) is 0 Å². The van der Waals surface area contributed by atoms with Crippen LogP contribution in [0.3, 0.4) is 0 Å². The largest absolute Gasteiger partial charge is 0.379 e. The summed E-state index contributed by atoms with van der Waals surface area (Å²) in [5, 5.41) is 8.96. The number of nitrogens with one attached hydrogen (secondary N) is 1. The summed E-state index contributed by atoms with van der Waals surface area (Å²) in [4.78, 5) is 28.7. The number of amides is 2. The molecule has 2 N–H and O–H groups in total. The number of sulfone groups is 1. The zero-order valence-corrected chi connectivity index (χ0v) is 21.2. The van der Waals surface area contributed by atoms with Gasteiger partial charge in [-0.15, -0.1) is 0 Å². The Kier molecular flexibility index (Phi) is 7.51. The van der Waals surface area contributed by atoms with Gasteiger partial charge >= 0.3 is 6.03 Å². The van der Waals surface area contributed by atoms with Gasteiger partial charge in [-0.3, -0.25) is 19.5 Å². The van der Waals surface area contributed by atoms with Gasteiger partial charge in [-0.2, -0.15) is 0 Å². The number of nitrogens with zero attached hydrogens (tertiary/aromatic N) is 3. The van der Waals surface area contributed by atoms with E-state index in [4.69, 9.17) is 9.94 Å². The van der Waals surface area contributed by atoms with Gasteiger partial charge in [-0.1, -0.05) is 24.0 Å². The number of rotatable bonds is 7. The average molecular weight is 515 g/mol. The maximum Gasteiger partial charge on any atom is 0.328 e. The maximum atomic E-state index is 12.8. The smallest absolute Gasteiger partial charge is 0.328 e. The van der Waals surface area contributed by atoms with Crippen molar-refractivity contribution in [1.82, 2.24) is 19.8 Å². The Labute approximate surface area is 210 Å². The SMILES string of the molecule is CC(CCN1Cc2cc(C#Cc3ccc(CN4CCOCC4)cc3)cn2C1=O)(C(=O)NO)S(C)(=O)=O. The zero-order valence-electron chi connectivity index (χ0n) is 20.4. The van der Waals surface area contributed by atoms with E-state index in [9.17, 15) is 18.0 Å². The molecule has 192 valence electrons. The van der Waals surface area contributed by atoms with Crippen LogP contribution in [-0.2, 0) is 32.5 Å². The summed E-state index contributed by atoms with van der Waals surface area (Å²) in [6, 6.07) is 9.63. The standard InChI is InChI=1S/C25H30N4O6S/c1-25(23(30)26-32,36(2,33)34)9-10-28-18-22-15-21(17-29(22)24(28)31)8-5-19-3-6-20(7-4-19)16-27-11-13-35-14-12-27/h3-4,6-7,15,17,32H,9-14,16,18H2,1-2H3,(H,26,30). The quantitative estimate of drug-likeness (QED) is 0.324. The Morgan fingerprint density at radius 1 is 1.17 bits per heavy atom. The van der Waals surface area contributed by atoms with Gasteiger partial charge < -0.3 is 9.64 Å². The minimum absolute atomic E-state index is 0.0370. The molecule has 10 nitrogen and oxygen atoms in total. The Morgan fingerprint density at radius 3 is 2.44 bits per heavy atom. The molecule has 2 aromatic rings. The molecule has 1 fully saturated rings. The van der Waals surface area contributed by atoms with Crippen LogP contribution in [-0.4, -0.2) is 83.8 Å². The molecule has 0 bridgehead atoms. The molecular formula is C25H30N4O6S. The van der Waals surface area contributed by atoms with Crippen molar-refractivity contribution in [2.75, 3.05) is 39.1 Å². The van der Waals surface area contributed by atoms with E-state index >= 15 is 0 Å². The number of hydroxylamine groups is 1. The van der Waals surface area contributed by atoms with Crippen molar-refractivity contribution >= 4 is 21.8 Å². The van der Waals surface area contributed by atoms with E-state index in [0.29, 0.717) is 5.56 Å². The highest BCUT2D eigenvalue weighted by atomic mass is 32.2. The summed E-state index contributed by atoms with van der Waals surface area (Å²) in [5.41, 5.74) is 4.96. The predicted molar refractivity (Wildman–Crippen MR) is 132 cm³/mol. The van der Waals surface area contributed by atoms with Crippen molar-refractivity contribution in [3.63, 3.8) is 0 Å². The maximum absolute atomic E-state index is 12.8. The number of aromatic nitrogens is 1. The lowest BCUT2D eigenvalue weighted by Gasteiger charge is -2.27. The van der Waals surface area contributed by atoms with Crippen LogP contribution in [0.1, 0.15) is 35.7 Å². The fourth-order valence-electron chi connectivity index (χ4n) is 4.26. The Balaban J connectivity index is 1.37. The molecule has 4 rings (SSSR count). The van der Waals surface area contributed by atoms with Crippen LogP contribution in [0.4, 0.5) is 4.79 Å². The van der Waals surface area contributed by atoms with Gasteiger partial charge in [0.25, 0.3) is 5.91 Å². The summed E-state index contributed by atoms with van der Waals surface area (Å²) in [7, 11) is -3.83. The summed E-state index contributed by atoms with van der Waals surface area (Å²) in [6.45, 7) is 5.84. The van der Waals surface area contributed by atoms with Gasteiger partial charge in [0.2, 0.25) is 0 Å². The van der Waals surface area contributed by atoms with Gasteiger partial charge in [0.15, 0.2) is 14.6 Å². The number of hydrogen-bond acceptors (Lipinski definition) is 7. The number of fused-ring (bicyclic) bond motifs is 1. The zero-order chi connectivity index (χ0) is 25.9. The van der Waals surface area contributed by atoms with Crippen molar-refractivity contribution in [2.45, 2.75) is 31.2 Å². The van der Waals surface area contributed by atoms with Crippen molar-refractivity contribution in [2.24, 2.45) is 0 Å². The Bertz CT molecular complexity index is 1300. The number of ether oxygens (including phenoxy) is 1. The van der Waals surface area contributed by atoms with Crippen LogP contribution in [0, 0.1) is 11.8 Å². The minimum Gasteiger partial charge on any atom is -0.379 e. The molecule has 1 aromatic heterocycles. The van der Waals surface area contributed by atoms with Gasteiger partial charge in [0, 0.05) is 55.5 Å². The highest BCUT2D eigenvalue weighted by Gasteiger charge is 2.44. The second-order valence-corrected chi connectivity index (χ2v) is 11.8. The fraction of sp³-hybridized carbons (Fsp3) is 0.440. The monoisotopic (exact) mass is 514 g/mol. The third kappa shape index (κ3) is 5.47. The molecule has 0 spiro atoms. The second kappa shape index (κ2) is 10.4. The van der Waals surface area contributed by atoms with Gasteiger partial charge in [-0.05, 0) is 37.1 Å². The van der Waals surface area contributed by atoms with E-state index in [1.54, 1.807) is 6.20 Å². The molecule has 0 radical (unpaired) electrons. The minimum atomic E-state index is -3.83. The van der Waals surface area contributed by atoms with Crippen molar-refractivity contribution in [1.29, 1.82) is 0 Å². The van der Waals surface area contributed by atoms with Crippen molar-refractivity contribution < 1.29 is 28.0 Å². The first-order chi connectivity index (χ1) is 17.1. The number of hydrogen-bond donors (Lipinski definition) is 2. The lowest BCUT2D eigenvalue weighted by atomic mass is 10.1. The lowest BCUT2D eigenvalue weighted by molar-refractivity contribution is -0.131. The van der Waals surface area contributed by atoms with E-state index in [2.05, 4.69) is 28.9 Å². The molecule has 36 heavy (non-hydrogen) atoms. The molecule has 0 saturated carbocycles. The van der Waals surface area contributed by atoms with Crippen molar-refractivity contribution in [3.8, 4) is 11.8 Å². The second-order valence-electron chi connectivity index (χ2n) is 9.32. The van der Waals surface area contributed by atoms with Crippen LogP contribution in [0.2, 0.25) is 0 Å². The van der Waals surface area contributed by atoms with Gasteiger partial charge in [0.05, 0.1) is 19.8 Å². The van der Waals surface area contributed by atoms with Gasteiger partial charge in [-0.25, -0.2) is 18.7 Å².